The molecule has 1 aliphatic heterocycles. The van der Waals surface area contributed by atoms with Gasteiger partial charge in [0.05, 0.1) is 18.8 Å². The first kappa shape index (κ1) is 33.4. The van der Waals surface area contributed by atoms with E-state index in [0.717, 1.165) is 50.7 Å². The molecule has 1 amide bonds. The summed E-state index contributed by atoms with van der Waals surface area (Å²) in [5, 5.41) is 22.2. The molecular weight excluding hydrogens is 602 g/mol. The summed E-state index contributed by atoms with van der Waals surface area (Å²) in [6.07, 6.45) is 6.12. The molecule has 5 rings (SSSR count). The third kappa shape index (κ3) is 9.53. The van der Waals surface area contributed by atoms with Gasteiger partial charge < -0.3 is 29.6 Å². The van der Waals surface area contributed by atoms with Gasteiger partial charge in [-0.05, 0) is 52.8 Å². The van der Waals surface area contributed by atoms with Crippen molar-refractivity contribution in [2.75, 3.05) is 5.75 Å². The number of hydrogen-bond acceptors (Lipinski definition) is 7. The molecule has 10 heteroatoms. The minimum absolute atomic E-state index is 0.00296. The van der Waals surface area contributed by atoms with Crippen molar-refractivity contribution in [2.24, 2.45) is 7.05 Å². The molecule has 1 fully saturated rings. The van der Waals surface area contributed by atoms with Crippen molar-refractivity contribution in [1.82, 2.24) is 14.9 Å². The quantitative estimate of drug-likeness (QED) is 0.0983. The van der Waals surface area contributed by atoms with Crippen molar-refractivity contribution >= 4 is 23.6 Å². The van der Waals surface area contributed by atoms with Gasteiger partial charge in [0.1, 0.15) is 0 Å². The summed E-state index contributed by atoms with van der Waals surface area (Å²) < 4.78 is 15.1. The first-order chi connectivity index (χ1) is 22.4. The van der Waals surface area contributed by atoms with Gasteiger partial charge in [0.2, 0.25) is 5.91 Å². The molecule has 3 aromatic carbocycles. The number of aryl methyl sites for hydroxylation is 1. The number of benzene rings is 3. The summed E-state index contributed by atoms with van der Waals surface area (Å²) in [5.74, 6) is -0.112. The number of hydrogen-bond donors (Lipinski definition) is 3. The van der Waals surface area contributed by atoms with Gasteiger partial charge in [-0.2, -0.15) is 0 Å². The van der Waals surface area contributed by atoms with Crippen LogP contribution in [0.2, 0.25) is 0 Å². The number of imidazole rings is 1. The Morgan fingerprint density at radius 3 is 2.43 bits per heavy atom. The average molecular weight is 644 g/mol. The van der Waals surface area contributed by atoms with Crippen molar-refractivity contribution in [3.63, 3.8) is 0 Å². The zero-order chi connectivity index (χ0) is 32.3. The number of carboxylic acid groups (broad SMARTS) is 1. The highest BCUT2D eigenvalue weighted by Crippen LogP contribution is 2.40. The van der Waals surface area contributed by atoms with E-state index in [2.05, 4.69) is 28.5 Å². The average Bonchev–Trinajstić information content (AvgIpc) is 3.50. The SMILES string of the molecule is Cn1ccnc1SCC1CC(c2ccc(CO)cc2)OC(c2cccc(-c3cccc(CNC(=O)CCCCCC(=O)O)c3)c2)O1. The highest BCUT2D eigenvalue weighted by molar-refractivity contribution is 7.99. The molecule has 3 N–H and O–H groups in total. The molecule has 1 saturated heterocycles. The number of ether oxygens (including phenoxy) is 2. The molecule has 9 nitrogen and oxygen atoms in total. The second-order valence-electron chi connectivity index (χ2n) is 11.5. The molecule has 0 aliphatic carbocycles. The summed E-state index contributed by atoms with van der Waals surface area (Å²) in [5.41, 5.74) is 5.86. The Hall–Kier alpha value is -3.96. The Bertz CT molecular complexity index is 1590. The Morgan fingerprint density at radius 1 is 0.935 bits per heavy atom. The Morgan fingerprint density at radius 2 is 1.70 bits per heavy atom. The third-order valence-corrected chi connectivity index (χ3v) is 9.18. The van der Waals surface area contributed by atoms with Gasteiger partial charge in [-0.25, -0.2) is 4.98 Å². The van der Waals surface area contributed by atoms with Crippen LogP contribution in [0.15, 0.2) is 90.3 Å². The molecule has 46 heavy (non-hydrogen) atoms. The topological polar surface area (TPSA) is 123 Å². The monoisotopic (exact) mass is 643 g/mol. The van der Waals surface area contributed by atoms with E-state index in [9.17, 15) is 14.7 Å². The van der Waals surface area contributed by atoms with Gasteiger partial charge in [0, 0.05) is 56.6 Å². The number of carbonyl (C=O) groups is 2. The largest absolute Gasteiger partial charge is 0.481 e. The number of aromatic nitrogens is 2. The lowest BCUT2D eigenvalue weighted by molar-refractivity contribution is -0.245. The normalized spacial score (nSPS) is 17.9. The number of aliphatic hydroxyl groups excluding tert-OH is 1. The zero-order valence-electron chi connectivity index (χ0n) is 26.0. The zero-order valence-corrected chi connectivity index (χ0v) is 26.8. The number of carboxylic acids is 1. The number of aliphatic hydroxyl groups is 1. The Labute approximate surface area is 274 Å². The lowest BCUT2D eigenvalue weighted by Gasteiger charge is -2.36. The number of thioether (sulfide) groups is 1. The first-order valence-electron chi connectivity index (χ1n) is 15.7. The highest BCUT2D eigenvalue weighted by Gasteiger charge is 2.32. The Kier molecular flexibility index (Phi) is 12.0. The van der Waals surface area contributed by atoms with Crippen molar-refractivity contribution in [3.05, 3.63) is 107 Å². The van der Waals surface area contributed by atoms with Gasteiger partial charge >= 0.3 is 5.97 Å². The lowest BCUT2D eigenvalue weighted by atomic mass is 9.99. The molecule has 0 saturated carbocycles. The molecule has 3 unspecified atom stereocenters. The van der Waals surface area contributed by atoms with Crippen molar-refractivity contribution < 1.29 is 29.3 Å². The standard InChI is InChI=1S/C36H41N3O6S/c1-39-18-17-37-36(39)46-24-31-21-32(27-15-13-25(23-40)14-16-27)45-35(44-31)30-10-6-9-29(20-30)28-8-5-7-26(19-28)22-38-33(41)11-3-2-4-12-34(42)43/h5-10,13-20,31-32,35,40H,2-4,11-12,21-24H2,1H3,(H,38,41)(H,42,43). The second kappa shape index (κ2) is 16.6. The molecule has 1 aromatic heterocycles. The lowest BCUT2D eigenvalue weighted by Crippen LogP contribution is -2.31. The van der Waals surface area contributed by atoms with E-state index < -0.39 is 12.3 Å². The van der Waals surface area contributed by atoms with E-state index in [4.69, 9.17) is 14.6 Å². The second-order valence-corrected chi connectivity index (χ2v) is 12.5. The number of unbranched alkanes of at least 4 members (excludes halogenated alkanes) is 2. The third-order valence-electron chi connectivity index (χ3n) is 7.99. The van der Waals surface area contributed by atoms with Gasteiger partial charge in [-0.15, -0.1) is 0 Å². The number of nitrogens with one attached hydrogen (secondary N) is 1. The van der Waals surface area contributed by atoms with Crippen molar-refractivity contribution in [1.29, 1.82) is 0 Å². The Balaban J connectivity index is 1.26. The van der Waals surface area contributed by atoms with E-state index in [1.54, 1.807) is 18.0 Å². The van der Waals surface area contributed by atoms with Crippen LogP contribution in [0.5, 0.6) is 0 Å². The maximum atomic E-state index is 12.3. The molecule has 0 bridgehead atoms. The molecule has 3 atom stereocenters. The van der Waals surface area contributed by atoms with E-state index in [1.165, 1.54) is 0 Å². The van der Waals surface area contributed by atoms with Gasteiger partial charge in [-0.1, -0.05) is 78.8 Å². The van der Waals surface area contributed by atoms with Crippen LogP contribution in [0.1, 0.15) is 73.2 Å². The van der Waals surface area contributed by atoms with Crippen molar-refractivity contribution in [2.45, 2.75) is 75.3 Å². The van der Waals surface area contributed by atoms with E-state index >= 15 is 0 Å². The molecular formula is C36H41N3O6S. The molecule has 2 heterocycles. The van der Waals surface area contributed by atoms with Gasteiger partial charge in [-0.3, -0.25) is 9.59 Å². The van der Waals surface area contributed by atoms with Crippen LogP contribution in [0.25, 0.3) is 11.1 Å². The number of rotatable bonds is 15. The summed E-state index contributed by atoms with van der Waals surface area (Å²) in [6, 6.07) is 24.2. The fourth-order valence-electron chi connectivity index (χ4n) is 5.43. The predicted octanol–water partition coefficient (Wildman–Crippen LogP) is 6.57. The number of carbonyl (C=O) groups excluding carboxylic acids is 1. The molecule has 4 aromatic rings. The predicted molar refractivity (Wildman–Crippen MR) is 177 cm³/mol. The maximum Gasteiger partial charge on any atom is 0.303 e. The minimum Gasteiger partial charge on any atom is -0.481 e. The minimum atomic E-state index is -0.803. The van der Waals surface area contributed by atoms with Crippen LogP contribution in [-0.4, -0.2) is 43.5 Å². The van der Waals surface area contributed by atoms with Crippen LogP contribution in [0.3, 0.4) is 0 Å². The number of aliphatic carboxylic acids is 1. The molecule has 0 spiro atoms. The first-order valence-corrected chi connectivity index (χ1v) is 16.6. The van der Waals surface area contributed by atoms with Crippen LogP contribution in [-0.2, 0) is 39.3 Å². The van der Waals surface area contributed by atoms with Crippen LogP contribution in [0, 0.1) is 0 Å². The van der Waals surface area contributed by atoms with Crippen LogP contribution >= 0.6 is 11.8 Å². The fraction of sp³-hybridized carbons (Fsp3) is 0.361. The molecule has 0 radical (unpaired) electrons. The van der Waals surface area contributed by atoms with Gasteiger partial charge in [0.15, 0.2) is 11.4 Å². The number of nitrogens with zero attached hydrogens (tertiary/aromatic N) is 2. The van der Waals surface area contributed by atoms with Crippen LogP contribution < -0.4 is 5.32 Å². The van der Waals surface area contributed by atoms with E-state index in [0.29, 0.717) is 32.2 Å². The van der Waals surface area contributed by atoms with E-state index in [1.807, 2.05) is 72.4 Å². The smallest absolute Gasteiger partial charge is 0.303 e. The summed E-state index contributed by atoms with van der Waals surface area (Å²) in [4.78, 5) is 27.4. The number of amides is 1. The van der Waals surface area contributed by atoms with Crippen molar-refractivity contribution in [3.8, 4) is 11.1 Å². The fourth-order valence-corrected chi connectivity index (χ4v) is 6.38. The summed E-state index contributed by atoms with van der Waals surface area (Å²) in [6.45, 7) is 0.416. The molecule has 1 aliphatic rings. The van der Waals surface area contributed by atoms with Crippen LogP contribution in [0.4, 0.5) is 0 Å². The summed E-state index contributed by atoms with van der Waals surface area (Å²) >= 11 is 1.66. The highest BCUT2D eigenvalue weighted by atomic mass is 32.2. The summed E-state index contributed by atoms with van der Waals surface area (Å²) in [7, 11) is 1.98. The molecule has 242 valence electrons. The van der Waals surface area contributed by atoms with Gasteiger partial charge in [0.25, 0.3) is 0 Å². The van der Waals surface area contributed by atoms with E-state index in [-0.39, 0.29) is 31.1 Å². The maximum absolute atomic E-state index is 12.3.